The van der Waals surface area contributed by atoms with Crippen molar-refractivity contribution in [1.82, 2.24) is 10.4 Å². The summed E-state index contributed by atoms with van der Waals surface area (Å²) in [5, 5.41) is 8.59. The number of benzene rings is 2. The second kappa shape index (κ2) is 14.0. The topological polar surface area (TPSA) is 69.6 Å². The fourth-order valence-corrected chi connectivity index (χ4v) is 4.28. The van der Waals surface area contributed by atoms with Gasteiger partial charge in [-0.15, -0.1) is 0 Å². The van der Waals surface area contributed by atoms with Crippen molar-refractivity contribution in [2.75, 3.05) is 32.1 Å². The molecule has 0 unspecified atom stereocenters. The van der Waals surface area contributed by atoms with Crippen LogP contribution in [0.15, 0.2) is 48.5 Å². The first kappa shape index (κ1) is 25.1. The number of amides is 1. The molecule has 5 nitrogen and oxygen atoms in total. The average molecular weight is 443 g/mol. The zero-order valence-corrected chi connectivity index (χ0v) is 19.4. The van der Waals surface area contributed by atoms with Gasteiger partial charge in [-0.05, 0) is 62.0 Å². The number of nitrogens with one attached hydrogen (secondary N) is 1. The third-order valence-corrected chi connectivity index (χ3v) is 6.03. The zero-order chi connectivity index (χ0) is 22.5. The van der Waals surface area contributed by atoms with Gasteiger partial charge in [-0.25, -0.2) is 5.48 Å². The first-order valence-corrected chi connectivity index (χ1v) is 11.9. The molecule has 6 heteroatoms. The summed E-state index contributed by atoms with van der Waals surface area (Å²) in [5.74, 6) is 1.46. The molecular formula is C25H34N2O3S. The first-order chi connectivity index (χ1) is 15.0. The van der Waals surface area contributed by atoms with E-state index in [1.54, 1.807) is 17.2 Å². The van der Waals surface area contributed by atoms with Crippen LogP contribution in [0.2, 0.25) is 0 Å². The summed E-state index contributed by atoms with van der Waals surface area (Å²) in [6, 6.07) is 16.4. The first-order valence-electron chi connectivity index (χ1n) is 10.8. The third-order valence-electron chi connectivity index (χ3n) is 5.03. The minimum Gasteiger partial charge on any atom is -0.309 e. The van der Waals surface area contributed by atoms with Crippen LogP contribution in [0, 0.1) is 0 Å². The Bertz CT molecular complexity index is 822. The van der Waals surface area contributed by atoms with Gasteiger partial charge in [0, 0.05) is 18.7 Å². The highest BCUT2D eigenvalue weighted by molar-refractivity contribution is 7.99. The molecule has 31 heavy (non-hydrogen) atoms. The molecule has 0 saturated carbocycles. The predicted octanol–water partition coefficient (Wildman–Crippen LogP) is 3.71. The lowest BCUT2D eigenvalue weighted by Crippen LogP contribution is -2.20. The molecule has 168 valence electrons. The van der Waals surface area contributed by atoms with Crippen LogP contribution in [0.4, 0.5) is 0 Å². The summed E-state index contributed by atoms with van der Waals surface area (Å²) in [6.07, 6.45) is 4.88. The van der Waals surface area contributed by atoms with Gasteiger partial charge in [0.2, 0.25) is 5.91 Å². The maximum Gasteiger partial charge on any atom is 0.247 e. The third kappa shape index (κ3) is 10.6. The minimum atomic E-state index is -0.403. The van der Waals surface area contributed by atoms with Gasteiger partial charge in [0.25, 0.3) is 0 Å². The van der Waals surface area contributed by atoms with Gasteiger partial charge in [0.1, 0.15) is 5.78 Å². The van der Waals surface area contributed by atoms with E-state index >= 15 is 0 Å². The van der Waals surface area contributed by atoms with Crippen LogP contribution >= 0.6 is 11.8 Å². The van der Waals surface area contributed by atoms with Crippen LogP contribution in [0.3, 0.4) is 0 Å². The molecular weight excluding hydrogens is 408 g/mol. The molecule has 0 aliphatic rings. The lowest BCUT2D eigenvalue weighted by molar-refractivity contribution is -0.128. The molecule has 0 aromatic heterocycles. The smallest absolute Gasteiger partial charge is 0.247 e. The van der Waals surface area contributed by atoms with Crippen LogP contribution in [-0.2, 0) is 35.3 Å². The highest BCUT2D eigenvalue weighted by atomic mass is 32.2. The van der Waals surface area contributed by atoms with Crippen molar-refractivity contribution in [3.05, 3.63) is 70.8 Å². The Morgan fingerprint density at radius 2 is 1.55 bits per heavy atom. The number of nitrogens with zero attached hydrogens (tertiary/aromatic N) is 1. The molecule has 1 amide bonds. The Hall–Kier alpha value is -2.15. The number of carbonyl (C=O) groups is 2. The van der Waals surface area contributed by atoms with E-state index < -0.39 is 5.91 Å². The van der Waals surface area contributed by atoms with Gasteiger partial charge in [-0.3, -0.25) is 14.8 Å². The molecule has 0 fully saturated rings. The molecule has 0 atom stereocenters. The number of ketones is 1. The van der Waals surface area contributed by atoms with Gasteiger partial charge in [0.15, 0.2) is 0 Å². The number of Topliss-reactive ketones (excluding diaryl/α,β-unsaturated/α-hetero) is 1. The van der Waals surface area contributed by atoms with E-state index in [-0.39, 0.29) is 6.42 Å². The van der Waals surface area contributed by atoms with Crippen LogP contribution in [0.5, 0.6) is 0 Å². The molecule has 2 aromatic rings. The number of unbranched alkanes of at least 4 members (excludes halogenated alkanes) is 1. The standard InChI is InChI=1S/C25H34N2O3S/c1-27(2)14-15-31-19-24(28)17-23-9-5-8-21(16-23)7-4-3-6-20-10-12-22(13-11-20)18-25(29)26-30/h5,8-13,16,30H,3-4,6-7,14-15,17-19H2,1-2H3,(H,26,29). The summed E-state index contributed by atoms with van der Waals surface area (Å²) in [7, 11) is 4.09. The number of hydroxylamine groups is 1. The van der Waals surface area contributed by atoms with E-state index in [1.807, 2.05) is 44.4 Å². The lowest BCUT2D eigenvalue weighted by atomic mass is 10.00. The van der Waals surface area contributed by atoms with E-state index in [2.05, 4.69) is 23.1 Å². The quantitative estimate of drug-likeness (QED) is 0.265. The van der Waals surface area contributed by atoms with Crippen LogP contribution in [0.1, 0.15) is 35.1 Å². The number of hydrogen-bond donors (Lipinski definition) is 2. The molecule has 2 aromatic carbocycles. The van der Waals surface area contributed by atoms with E-state index in [9.17, 15) is 9.59 Å². The van der Waals surface area contributed by atoms with Crippen molar-refractivity contribution < 1.29 is 14.8 Å². The molecule has 0 saturated heterocycles. The van der Waals surface area contributed by atoms with E-state index in [1.165, 1.54) is 11.1 Å². The Balaban J connectivity index is 1.69. The number of thioether (sulfide) groups is 1. The fourth-order valence-electron chi connectivity index (χ4n) is 3.31. The Labute approximate surface area is 190 Å². The van der Waals surface area contributed by atoms with Crippen molar-refractivity contribution in [3.8, 4) is 0 Å². The van der Waals surface area contributed by atoms with Crippen molar-refractivity contribution in [2.24, 2.45) is 0 Å². The average Bonchev–Trinajstić information content (AvgIpc) is 2.75. The molecule has 0 radical (unpaired) electrons. The van der Waals surface area contributed by atoms with E-state index in [0.717, 1.165) is 49.1 Å². The normalized spacial score (nSPS) is 11.0. The maximum atomic E-state index is 12.2. The summed E-state index contributed by atoms with van der Waals surface area (Å²) in [4.78, 5) is 25.5. The van der Waals surface area contributed by atoms with Crippen LogP contribution in [-0.4, -0.2) is 53.9 Å². The monoisotopic (exact) mass is 442 g/mol. The highest BCUT2D eigenvalue weighted by Gasteiger charge is 2.06. The number of hydrogen-bond acceptors (Lipinski definition) is 5. The maximum absolute atomic E-state index is 12.2. The second-order valence-corrected chi connectivity index (χ2v) is 9.23. The van der Waals surface area contributed by atoms with Crippen molar-refractivity contribution >= 4 is 23.5 Å². The zero-order valence-electron chi connectivity index (χ0n) is 18.6. The van der Waals surface area contributed by atoms with E-state index in [0.29, 0.717) is 18.0 Å². The van der Waals surface area contributed by atoms with Gasteiger partial charge in [-0.2, -0.15) is 11.8 Å². The summed E-state index contributed by atoms with van der Waals surface area (Å²) < 4.78 is 0. The predicted molar refractivity (Wildman–Crippen MR) is 128 cm³/mol. The summed E-state index contributed by atoms with van der Waals surface area (Å²) >= 11 is 1.71. The molecule has 0 aliphatic carbocycles. The Kier molecular flexibility index (Phi) is 11.4. The van der Waals surface area contributed by atoms with Crippen molar-refractivity contribution in [1.29, 1.82) is 0 Å². The molecule has 0 spiro atoms. The lowest BCUT2D eigenvalue weighted by Gasteiger charge is -2.09. The summed E-state index contributed by atoms with van der Waals surface area (Å²) in [5.41, 5.74) is 6.19. The molecule has 2 rings (SSSR count). The SMILES string of the molecule is CN(C)CCSCC(=O)Cc1cccc(CCCCc2ccc(CC(=O)NO)cc2)c1. The second-order valence-electron chi connectivity index (χ2n) is 8.13. The summed E-state index contributed by atoms with van der Waals surface area (Å²) in [6.45, 7) is 0.998. The number of rotatable bonds is 14. The largest absolute Gasteiger partial charge is 0.309 e. The molecule has 0 heterocycles. The Morgan fingerprint density at radius 3 is 2.23 bits per heavy atom. The van der Waals surface area contributed by atoms with Crippen LogP contribution in [0.25, 0.3) is 0 Å². The number of aryl methyl sites for hydroxylation is 2. The van der Waals surface area contributed by atoms with Gasteiger partial charge < -0.3 is 4.90 Å². The fraction of sp³-hybridized carbons (Fsp3) is 0.440. The molecule has 2 N–H and O–H groups in total. The highest BCUT2D eigenvalue weighted by Crippen LogP contribution is 2.14. The van der Waals surface area contributed by atoms with Gasteiger partial charge in [0.05, 0.1) is 12.2 Å². The molecule has 0 aliphatic heterocycles. The van der Waals surface area contributed by atoms with Gasteiger partial charge >= 0.3 is 0 Å². The van der Waals surface area contributed by atoms with E-state index in [4.69, 9.17) is 5.21 Å². The van der Waals surface area contributed by atoms with Gasteiger partial charge in [-0.1, -0.05) is 48.5 Å². The van der Waals surface area contributed by atoms with Crippen LogP contribution < -0.4 is 5.48 Å². The van der Waals surface area contributed by atoms with Crippen molar-refractivity contribution in [2.45, 2.75) is 38.5 Å². The van der Waals surface area contributed by atoms with Crippen molar-refractivity contribution in [3.63, 3.8) is 0 Å². The number of carbonyl (C=O) groups excluding carboxylic acids is 2. The minimum absolute atomic E-state index is 0.185. The Morgan fingerprint density at radius 1 is 0.903 bits per heavy atom. The molecule has 0 bridgehead atoms.